The van der Waals surface area contributed by atoms with Gasteiger partial charge in [0.25, 0.3) is 0 Å². The minimum atomic E-state index is -1.39. The van der Waals surface area contributed by atoms with Gasteiger partial charge >= 0.3 is 17.9 Å². The third-order valence-electron chi connectivity index (χ3n) is 14.7. The van der Waals surface area contributed by atoms with Gasteiger partial charge in [-0.3, -0.25) is 19.2 Å². The van der Waals surface area contributed by atoms with E-state index < -0.39 is 5.54 Å². The average molecular weight is 1040 g/mol. The quantitative estimate of drug-likeness (QED) is 0.0278. The Hall–Kier alpha value is -2.94. The number of carbonyl (C=O) groups excluding carboxylic acids is 4. The molecule has 9 heteroatoms. The van der Waals surface area contributed by atoms with Crippen molar-refractivity contribution in [3.05, 3.63) is 36.5 Å². The summed E-state index contributed by atoms with van der Waals surface area (Å²) >= 11 is 0. The van der Waals surface area contributed by atoms with Gasteiger partial charge in [-0.15, -0.1) is 0 Å². The van der Waals surface area contributed by atoms with Crippen LogP contribution in [0.5, 0.6) is 0 Å². The Balaban J connectivity index is 2.73. The van der Waals surface area contributed by atoms with Gasteiger partial charge < -0.3 is 24.4 Å². The van der Waals surface area contributed by atoms with Crippen LogP contribution in [-0.2, 0) is 33.4 Å². The first kappa shape index (κ1) is 69.1. The van der Waals surface area contributed by atoms with E-state index >= 15 is 0 Å². The minimum Gasteiger partial charge on any atom is -0.463 e. The summed E-state index contributed by atoms with van der Waals surface area (Å²) in [6.07, 6.45) is 63.1. The van der Waals surface area contributed by atoms with Crippen molar-refractivity contribution in [1.82, 2.24) is 10.2 Å². The maximum Gasteiger partial charge on any atom is 0.305 e. The Morgan fingerprint density at radius 1 is 0.365 bits per heavy atom. The van der Waals surface area contributed by atoms with E-state index in [1.165, 1.54) is 135 Å². The molecule has 0 bridgehead atoms. The second-order valence-corrected chi connectivity index (χ2v) is 22.1. The van der Waals surface area contributed by atoms with Crippen LogP contribution in [0.15, 0.2) is 36.5 Å². The topological polar surface area (TPSA) is 111 Å². The molecule has 0 spiro atoms. The van der Waals surface area contributed by atoms with Gasteiger partial charge in [-0.05, 0) is 122 Å². The number of hydrogen-bond acceptors (Lipinski definition) is 8. The smallest absolute Gasteiger partial charge is 0.305 e. The van der Waals surface area contributed by atoms with Gasteiger partial charge in [0.15, 0.2) is 0 Å². The first-order valence-electron chi connectivity index (χ1n) is 31.8. The van der Waals surface area contributed by atoms with Crippen LogP contribution < -0.4 is 5.32 Å². The highest BCUT2D eigenvalue weighted by Crippen LogP contribution is 2.18. The van der Waals surface area contributed by atoms with Gasteiger partial charge in [-0.1, -0.05) is 211 Å². The number of esters is 3. The van der Waals surface area contributed by atoms with Crippen LogP contribution >= 0.6 is 0 Å². The minimum absolute atomic E-state index is 0.242. The highest BCUT2D eigenvalue weighted by Gasteiger charge is 2.38. The molecule has 0 aliphatic carbocycles. The summed E-state index contributed by atoms with van der Waals surface area (Å²) in [6, 6.07) is 0. The zero-order chi connectivity index (χ0) is 53.5. The van der Waals surface area contributed by atoms with E-state index in [0.717, 1.165) is 142 Å². The Morgan fingerprint density at radius 3 is 0.905 bits per heavy atom. The van der Waals surface area contributed by atoms with Gasteiger partial charge in [-0.25, -0.2) is 0 Å². The summed E-state index contributed by atoms with van der Waals surface area (Å²) in [7, 11) is 0. The number of allylic oxidation sites excluding steroid dienone is 6. The van der Waals surface area contributed by atoms with Gasteiger partial charge in [0.2, 0.25) is 5.91 Å². The van der Waals surface area contributed by atoms with Crippen LogP contribution in [0.1, 0.15) is 310 Å². The molecule has 1 saturated heterocycles. The maximum atomic E-state index is 13.7. The third-order valence-corrected chi connectivity index (χ3v) is 14.7. The summed E-state index contributed by atoms with van der Waals surface area (Å²) in [4.78, 5) is 55.7. The van der Waals surface area contributed by atoms with Crippen LogP contribution in [0.4, 0.5) is 0 Å². The number of nitrogens with zero attached hydrogens (tertiary/aromatic N) is 1. The summed E-state index contributed by atoms with van der Waals surface area (Å²) in [6.45, 7) is 8.60. The van der Waals surface area contributed by atoms with E-state index in [4.69, 9.17) is 14.2 Å². The first-order chi connectivity index (χ1) is 36.3. The summed E-state index contributed by atoms with van der Waals surface area (Å²) in [5, 5.41) is 3.07. The van der Waals surface area contributed by atoms with Crippen molar-refractivity contribution in [3.63, 3.8) is 0 Å². The average Bonchev–Trinajstić information content (AvgIpc) is 3.93. The second kappa shape index (κ2) is 53.5. The van der Waals surface area contributed by atoms with Crippen molar-refractivity contribution in [3.8, 4) is 0 Å². The molecular weight excluding hydrogens is 921 g/mol. The Morgan fingerprint density at radius 2 is 0.622 bits per heavy atom. The van der Waals surface area contributed by atoms with Crippen molar-refractivity contribution in [2.75, 3.05) is 39.5 Å². The van der Waals surface area contributed by atoms with Gasteiger partial charge in [0.1, 0.15) is 25.4 Å². The lowest BCUT2D eigenvalue weighted by atomic mass is 10.0. The molecule has 0 aromatic rings. The Kier molecular flexibility index (Phi) is 49.9. The fourth-order valence-corrected chi connectivity index (χ4v) is 9.75. The van der Waals surface area contributed by atoms with Crippen molar-refractivity contribution in [2.24, 2.45) is 0 Å². The predicted molar refractivity (Wildman–Crippen MR) is 312 cm³/mol. The zero-order valence-corrected chi connectivity index (χ0v) is 48.8. The van der Waals surface area contributed by atoms with E-state index in [9.17, 15) is 19.2 Å². The molecule has 0 saturated carbocycles. The molecule has 1 aliphatic rings. The number of hydrogen-bond donors (Lipinski definition) is 1. The van der Waals surface area contributed by atoms with Gasteiger partial charge in [-0.2, -0.15) is 0 Å². The maximum absolute atomic E-state index is 13.7. The van der Waals surface area contributed by atoms with E-state index in [-0.39, 0.29) is 69.3 Å². The van der Waals surface area contributed by atoms with Crippen LogP contribution in [0.3, 0.4) is 0 Å². The summed E-state index contributed by atoms with van der Waals surface area (Å²) in [5.41, 5.74) is -1.39. The lowest BCUT2D eigenvalue weighted by molar-refractivity contribution is -0.159. The van der Waals surface area contributed by atoms with Crippen LogP contribution in [0.25, 0.3) is 0 Å². The molecule has 1 fully saturated rings. The number of ether oxygens (including phenoxy) is 3. The number of nitrogens with one attached hydrogen (secondary N) is 1. The molecule has 0 unspecified atom stereocenters. The van der Waals surface area contributed by atoms with Crippen molar-refractivity contribution < 1.29 is 33.4 Å². The first-order valence-corrected chi connectivity index (χ1v) is 31.8. The molecule has 430 valence electrons. The molecule has 0 aromatic carbocycles. The van der Waals surface area contributed by atoms with E-state index in [1.807, 2.05) is 0 Å². The molecule has 1 rings (SSSR count). The molecule has 1 N–H and O–H groups in total. The molecule has 1 aliphatic heterocycles. The molecule has 0 atom stereocenters. The van der Waals surface area contributed by atoms with Crippen molar-refractivity contribution in [1.29, 1.82) is 0 Å². The lowest BCUT2D eigenvalue weighted by Gasteiger charge is -2.33. The van der Waals surface area contributed by atoms with Gasteiger partial charge in [0.05, 0.1) is 0 Å². The number of carbonyl (C=O) groups is 4. The SMILES string of the molecule is CCCCCCCC/C=C\CCCCCCCC(=O)OCC(COC(=O)CCCCCCC/C=C\CCCCCCCC)(COC(=O)CCCCCCC/C=C\CCCCCCCC)NC(=O)CCN1CCCC1. The summed E-state index contributed by atoms with van der Waals surface area (Å²) in [5.74, 6) is -1.33. The van der Waals surface area contributed by atoms with Crippen LogP contribution in [-0.4, -0.2) is 73.7 Å². The molecule has 74 heavy (non-hydrogen) atoms. The normalized spacial score (nSPS) is 13.2. The fourth-order valence-electron chi connectivity index (χ4n) is 9.75. The third kappa shape index (κ3) is 46.4. The molecule has 1 amide bonds. The van der Waals surface area contributed by atoms with E-state index in [2.05, 4.69) is 67.4 Å². The number of rotatable bonds is 55. The Bertz CT molecular complexity index is 1250. The second-order valence-electron chi connectivity index (χ2n) is 22.1. The summed E-state index contributed by atoms with van der Waals surface area (Å²) < 4.78 is 17.7. The monoisotopic (exact) mass is 1040 g/mol. The lowest BCUT2D eigenvalue weighted by Crippen LogP contribution is -2.59. The fraction of sp³-hybridized carbons (Fsp3) is 0.846. The van der Waals surface area contributed by atoms with E-state index in [1.54, 1.807) is 0 Å². The predicted octanol–water partition coefficient (Wildman–Crippen LogP) is 18.1. The number of amides is 1. The highest BCUT2D eigenvalue weighted by molar-refractivity contribution is 5.77. The molecule has 0 aromatic heterocycles. The standard InChI is InChI=1S/C65H118N2O7/c1-4-7-10-13-16-19-22-25-28-31-34-37-40-43-46-51-62(69)72-58-65(66-61(68)54-57-67-55-49-50-56-67,59-73-63(70)52-47-44-41-38-35-32-29-26-23-20-17-14-11-8-5-2)60-74-64(71)53-48-45-42-39-36-33-30-27-24-21-18-15-12-9-6-3/h25-30H,4-24,31-60H2,1-3H3,(H,66,68)/b28-25-,29-26-,30-27-. The zero-order valence-electron chi connectivity index (χ0n) is 48.8. The molecular formula is C65H118N2O7. The van der Waals surface area contributed by atoms with Gasteiger partial charge in [0, 0.05) is 32.2 Å². The van der Waals surface area contributed by atoms with Crippen LogP contribution in [0.2, 0.25) is 0 Å². The number of likely N-dealkylation sites (tertiary alicyclic amines) is 1. The van der Waals surface area contributed by atoms with Crippen molar-refractivity contribution in [2.45, 2.75) is 315 Å². The molecule has 0 radical (unpaired) electrons. The number of unbranched alkanes of at least 4 members (excludes halogenated alkanes) is 33. The largest absolute Gasteiger partial charge is 0.463 e. The highest BCUT2D eigenvalue weighted by atomic mass is 16.6. The van der Waals surface area contributed by atoms with E-state index in [0.29, 0.717) is 6.54 Å². The molecule has 1 heterocycles. The van der Waals surface area contributed by atoms with Crippen LogP contribution in [0, 0.1) is 0 Å². The van der Waals surface area contributed by atoms with Crippen molar-refractivity contribution >= 4 is 23.8 Å². The molecule has 9 nitrogen and oxygen atoms in total. The Labute approximate surface area is 456 Å².